The van der Waals surface area contributed by atoms with E-state index in [4.69, 9.17) is 18.0 Å². The average molecular weight is 237 g/mol. The molecule has 2 rings (SSSR count). The molecule has 0 aliphatic heterocycles. The number of rotatable bonds is 4. The number of tetrazole rings is 1. The maximum absolute atomic E-state index is 5.44. The van der Waals surface area contributed by atoms with Gasteiger partial charge in [-0.15, -0.1) is 14.8 Å². The molecule has 0 aromatic carbocycles. The maximum atomic E-state index is 5.44. The molecule has 0 radical (unpaired) electrons. The number of aromatic nitrogens is 5. The van der Waals surface area contributed by atoms with Gasteiger partial charge in [0.05, 0.1) is 4.99 Å². The van der Waals surface area contributed by atoms with Crippen molar-refractivity contribution in [2.45, 2.75) is 6.42 Å². The van der Waals surface area contributed by atoms with Gasteiger partial charge in [0, 0.05) is 20.0 Å². The third kappa shape index (κ3) is 2.22. The standard InChI is InChI=1S/C8H11N7S/c1-14(5-4-6(9)16)8-3-2-7-10-12-13-15(7)11-8/h2-3H,4-5H2,1H3,(H2,9,16). The molecule has 0 atom stereocenters. The Morgan fingerprint density at radius 2 is 2.38 bits per heavy atom. The minimum Gasteiger partial charge on any atom is -0.393 e. The van der Waals surface area contributed by atoms with E-state index >= 15 is 0 Å². The monoisotopic (exact) mass is 237 g/mol. The van der Waals surface area contributed by atoms with Gasteiger partial charge in [-0.3, -0.25) is 0 Å². The number of fused-ring (bicyclic) bond motifs is 1. The Labute approximate surface area is 97.2 Å². The smallest absolute Gasteiger partial charge is 0.200 e. The number of hydrogen-bond donors (Lipinski definition) is 1. The first-order chi connectivity index (χ1) is 7.66. The number of nitrogens with zero attached hydrogens (tertiary/aromatic N) is 6. The van der Waals surface area contributed by atoms with Crippen molar-refractivity contribution in [3.05, 3.63) is 12.1 Å². The zero-order valence-corrected chi connectivity index (χ0v) is 9.55. The zero-order chi connectivity index (χ0) is 11.5. The Hall–Kier alpha value is -1.83. The van der Waals surface area contributed by atoms with Gasteiger partial charge >= 0.3 is 0 Å². The van der Waals surface area contributed by atoms with Crippen molar-refractivity contribution in [3.63, 3.8) is 0 Å². The number of nitrogens with two attached hydrogens (primary N) is 1. The second-order valence-corrected chi connectivity index (χ2v) is 3.88. The van der Waals surface area contributed by atoms with E-state index in [2.05, 4.69) is 20.6 Å². The highest BCUT2D eigenvalue weighted by molar-refractivity contribution is 7.80. The lowest BCUT2D eigenvalue weighted by atomic mass is 10.4. The van der Waals surface area contributed by atoms with E-state index in [1.807, 2.05) is 18.0 Å². The minimum absolute atomic E-state index is 0.496. The Bertz CT molecular complexity index is 508. The Balaban J connectivity index is 2.15. The molecule has 0 fully saturated rings. The van der Waals surface area contributed by atoms with Crippen LogP contribution in [0.2, 0.25) is 0 Å². The third-order valence-corrected chi connectivity index (χ3v) is 2.34. The van der Waals surface area contributed by atoms with Crippen molar-refractivity contribution in [1.29, 1.82) is 0 Å². The van der Waals surface area contributed by atoms with Crippen LogP contribution < -0.4 is 10.6 Å². The van der Waals surface area contributed by atoms with Crippen LogP contribution in [-0.2, 0) is 0 Å². The quantitative estimate of drug-likeness (QED) is 0.726. The molecule has 0 bridgehead atoms. The van der Waals surface area contributed by atoms with E-state index in [9.17, 15) is 0 Å². The van der Waals surface area contributed by atoms with Gasteiger partial charge in [0.1, 0.15) is 0 Å². The molecule has 8 heteroatoms. The van der Waals surface area contributed by atoms with Crippen molar-refractivity contribution in [1.82, 2.24) is 25.3 Å². The number of thiocarbonyl (C=S) groups is 1. The Morgan fingerprint density at radius 1 is 1.56 bits per heavy atom. The second kappa shape index (κ2) is 4.35. The molecule has 0 saturated carbocycles. The molecule has 2 aromatic heterocycles. The fraction of sp³-hybridized carbons (Fsp3) is 0.375. The highest BCUT2D eigenvalue weighted by Gasteiger charge is 2.05. The lowest BCUT2D eigenvalue weighted by molar-refractivity contribution is 0.721. The summed E-state index contributed by atoms with van der Waals surface area (Å²) < 4.78 is 1.38. The lowest BCUT2D eigenvalue weighted by Crippen LogP contribution is -2.24. The summed E-state index contributed by atoms with van der Waals surface area (Å²) >= 11 is 4.82. The van der Waals surface area contributed by atoms with Crippen LogP contribution >= 0.6 is 12.2 Å². The van der Waals surface area contributed by atoms with Crippen LogP contribution in [0.1, 0.15) is 6.42 Å². The average Bonchev–Trinajstić information content (AvgIpc) is 2.72. The van der Waals surface area contributed by atoms with Crippen molar-refractivity contribution in [2.75, 3.05) is 18.5 Å². The van der Waals surface area contributed by atoms with Gasteiger partial charge in [0.2, 0.25) is 0 Å². The van der Waals surface area contributed by atoms with Crippen LogP contribution in [0.3, 0.4) is 0 Å². The zero-order valence-electron chi connectivity index (χ0n) is 8.74. The molecule has 0 saturated heterocycles. The topological polar surface area (TPSA) is 85.2 Å². The summed E-state index contributed by atoms with van der Waals surface area (Å²) in [5, 5.41) is 15.3. The van der Waals surface area contributed by atoms with E-state index in [1.54, 1.807) is 6.07 Å². The molecule has 0 amide bonds. The van der Waals surface area contributed by atoms with Crippen LogP contribution in [0.4, 0.5) is 5.82 Å². The van der Waals surface area contributed by atoms with Crippen LogP contribution in [-0.4, -0.2) is 43.8 Å². The van der Waals surface area contributed by atoms with Crippen molar-refractivity contribution >= 4 is 28.7 Å². The van der Waals surface area contributed by atoms with Crippen molar-refractivity contribution in [3.8, 4) is 0 Å². The molecule has 7 nitrogen and oxygen atoms in total. The molecule has 84 valence electrons. The Morgan fingerprint density at radius 3 is 3.12 bits per heavy atom. The van der Waals surface area contributed by atoms with E-state index in [0.29, 0.717) is 17.1 Å². The predicted octanol–water partition coefficient (Wildman–Crippen LogP) is -0.368. The van der Waals surface area contributed by atoms with Gasteiger partial charge < -0.3 is 10.6 Å². The molecule has 0 aliphatic carbocycles. The van der Waals surface area contributed by atoms with E-state index < -0.39 is 0 Å². The Kier molecular flexibility index (Phi) is 2.91. The van der Waals surface area contributed by atoms with Gasteiger partial charge in [-0.05, 0) is 22.6 Å². The summed E-state index contributed by atoms with van der Waals surface area (Å²) in [5.41, 5.74) is 6.06. The molecular formula is C8H11N7S. The van der Waals surface area contributed by atoms with Crippen LogP contribution in [0.5, 0.6) is 0 Å². The van der Waals surface area contributed by atoms with Gasteiger partial charge in [0.25, 0.3) is 0 Å². The summed E-state index contributed by atoms with van der Waals surface area (Å²) in [6.07, 6.45) is 0.654. The largest absolute Gasteiger partial charge is 0.393 e. The molecule has 2 aromatic rings. The van der Waals surface area contributed by atoms with Gasteiger partial charge in [-0.2, -0.15) is 0 Å². The van der Waals surface area contributed by atoms with Gasteiger partial charge in [-0.25, -0.2) is 0 Å². The third-order valence-electron chi connectivity index (χ3n) is 2.14. The van der Waals surface area contributed by atoms with E-state index in [0.717, 1.165) is 12.4 Å². The fourth-order valence-electron chi connectivity index (χ4n) is 1.24. The summed E-state index contributed by atoms with van der Waals surface area (Å²) in [4.78, 5) is 2.44. The van der Waals surface area contributed by atoms with E-state index in [-0.39, 0.29) is 0 Å². The molecule has 2 heterocycles. The fourth-order valence-corrected chi connectivity index (χ4v) is 1.33. The summed E-state index contributed by atoms with van der Waals surface area (Å²) in [5.74, 6) is 0.774. The molecular weight excluding hydrogens is 226 g/mol. The van der Waals surface area contributed by atoms with Crippen molar-refractivity contribution in [2.24, 2.45) is 5.73 Å². The molecule has 0 spiro atoms. The van der Waals surface area contributed by atoms with Gasteiger partial charge in [-0.1, -0.05) is 12.2 Å². The normalized spacial score (nSPS) is 10.6. The van der Waals surface area contributed by atoms with E-state index in [1.165, 1.54) is 4.63 Å². The highest BCUT2D eigenvalue weighted by Crippen LogP contribution is 2.08. The minimum atomic E-state index is 0.496. The summed E-state index contributed by atoms with van der Waals surface area (Å²) in [7, 11) is 1.91. The first-order valence-electron chi connectivity index (χ1n) is 4.71. The molecule has 16 heavy (non-hydrogen) atoms. The molecule has 0 aliphatic rings. The first-order valence-corrected chi connectivity index (χ1v) is 5.12. The predicted molar refractivity (Wildman–Crippen MR) is 63.2 cm³/mol. The van der Waals surface area contributed by atoms with Gasteiger partial charge in [0.15, 0.2) is 11.5 Å². The first kappa shape index (κ1) is 10.7. The van der Waals surface area contributed by atoms with Crippen molar-refractivity contribution < 1.29 is 0 Å². The number of anilines is 1. The van der Waals surface area contributed by atoms with Crippen LogP contribution in [0.15, 0.2) is 12.1 Å². The second-order valence-electron chi connectivity index (χ2n) is 3.36. The van der Waals surface area contributed by atoms with Crippen LogP contribution in [0, 0.1) is 0 Å². The lowest BCUT2D eigenvalue weighted by Gasteiger charge is -2.16. The summed E-state index contributed by atoms with van der Waals surface area (Å²) in [6.45, 7) is 0.718. The van der Waals surface area contributed by atoms with Crippen LogP contribution in [0.25, 0.3) is 5.65 Å². The highest BCUT2D eigenvalue weighted by atomic mass is 32.1. The maximum Gasteiger partial charge on any atom is 0.200 e. The SMILES string of the molecule is CN(CCC(N)=S)c1ccc2nnnn2n1. The number of hydrogen-bond acceptors (Lipinski definition) is 6. The molecule has 2 N–H and O–H groups in total. The molecule has 0 unspecified atom stereocenters. The summed E-state index contributed by atoms with van der Waals surface area (Å²) in [6, 6.07) is 3.66.